The lowest BCUT2D eigenvalue weighted by Crippen LogP contribution is -2.33. The number of hydrogen-bond donors (Lipinski definition) is 0. The van der Waals surface area contributed by atoms with Gasteiger partial charge in [0, 0.05) is 18.3 Å². The lowest BCUT2D eigenvalue weighted by Gasteiger charge is -2.33. The van der Waals surface area contributed by atoms with Crippen molar-refractivity contribution in [3.05, 3.63) is 62.8 Å². The van der Waals surface area contributed by atoms with Gasteiger partial charge in [0.25, 0.3) is 5.69 Å². The number of carbonyl (C=O) groups is 1. The average Bonchev–Trinajstić information content (AvgIpc) is 3.00. The molecule has 7 nitrogen and oxygen atoms in total. The first kappa shape index (κ1) is 15.3. The Morgan fingerprint density at radius 3 is 2.96 bits per heavy atom. The molecule has 1 aromatic carbocycles. The number of nitro benzene ring substituents is 1. The summed E-state index contributed by atoms with van der Waals surface area (Å²) in [6.07, 6.45) is 1.81. The molecule has 0 unspecified atom stereocenters. The Hall–Kier alpha value is -2.61. The number of hydrogen-bond acceptors (Lipinski definition) is 7. The van der Waals surface area contributed by atoms with Crippen LogP contribution in [-0.4, -0.2) is 28.1 Å². The highest BCUT2D eigenvalue weighted by Crippen LogP contribution is 2.41. The van der Waals surface area contributed by atoms with Crippen molar-refractivity contribution in [3.63, 3.8) is 0 Å². The van der Waals surface area contributed by atoms with Crippen molar-refractivity contribution in [3.8, 4) is 0 Å². The molecule has 2 aliphatic heterocycles. The van der Waals surface area contributed by atoms with Crippen LogP contribution in [0.15, 0.2) is 52.1 Å². The Bertz CT molecular complexity index is 785. The summed E-state index contributed by atoms with van der Waals surface area (Å²) in [4.78, 5) is 29.1. The molecule has 0 bridgehead atoms. The zero-order valence-electron chi connectivity index (χ0n) is 12.4. The fourth-order valence-electron chi connectivity index (χ4n) is 2.61. The second-order valence-electron chi connectivity index (χ2n) is 4.95. The predicted octanol–water partition coefficient (Wildman–Crippen LogP) is 2.97. The predicted molar refractivity (Wildman–Crippen MR) is 86.6 cm³/mol. The molecular formula is C15H13N3O4S. The third-order valence-corrected chi connectivity index (χ3v) is 4.39. The molecular weight excluding hydrogens is 318 g/mol. The van der Waals surface area contributed by atoms with E-state index in [1.165, 1.54) is 31.0 Å². The van der Waals surface area contributed by atoms with Crippen LogP contribution in [0.2, 0.25) is 0 Å². The average molecular weight is 331 g/mol. The fraction of sp³-hybridized carbons (Fsp3) is 0.200. The molecule has 0 aromatic heterocycles. The molecule has 1 atom stereocenters. The summed E-state index contributed by atoms with van der Waals surface area (Å²) in [7, 11) is 1.31. The van der Waals surface area contributed by atoms with Gasteiger partial charge in [-0.15, -0.1) is 0 Å². The smallest absolute Gasteiger partial charge is 0.338 e. The number of carbonyl (C=O) groups excluding carboxylic acids is 1. The van der Waals surface area contributed by atoms with Gasteiger partial charge in [0.15, 0.2) is 5.17 Å². The number of fused-ring (bicyclic) bond motifs is 1. The summed E-state index contributed by atoms with van der Waals surface area (Å²) in [5, 5.41) is 13.6. The second-order valence-corrected chi connectivity index (χ2v) is 5.82. The number of esters is 1. The molecule has 23 heavy (non-hydrogen) atoms. The summed E-state index contributed by atoms with van der Waals surface area (Å²) in [6.45, 7) is 1.74. The van der Waals surface area contributed by atoms with Crippen LogP contribution >= 0.6 is 11.8 Å². The van der Waals surface area contributed by atoms with Gasteiger partial charge in [-0.25, -0.2) is 9.79 Å². The van der Waals surface area contributed by atoms with Crippen LogP contribution in [-0.2, 0) is 9.53 Å². The van der Waals surface area contributed by atoms with Crippen molar-refractivity contribution in [1.29, 1.82) is 0 Å². The van der Waals surface area contributed by atoms with E-state index < -0.39 is 16.9 Å². The zero-order chi connectivity index (χ0) is 16.6. The zero-order valence-corrected chi connectivity index (χ0v) is 13.2. The highest BCUT2D eigenvalue weighted by molar-refractivity contribution is 8.16. The van der Waals surface area contributed by atoms with Gasteiger partial charge in [-0.3, -0.25) is 10.1 Å². The Morgan fingerprint density at radius 1 is 1.48 bits per heavy atom. The maximum Gasteiger partial charge on any atom is 0.338 e. The number of allylic oxidation sites excluding steroid dienone is 1. The summed E-state index contributed by atoms with van der Waals surface area (Å²) >= 11 is 1.44. The maximum atomic E-state index is 12.2. The normalized spacial score (nSPS) is 19.5. The molecule has 2 aliphatic rings. The standard InChI is InChI=1S/C15H13N3O4S/c1-9-12(14(19)22-2)13(17-6-7-23-15(17)16-9)10-4-3-5-11(8-10)18(20)21/h3-8,13H,1-2H3/t13-/m1/s1. The Kier molecular flexibility index (Phi) is 3.91. The third kappa shape index (κ3) is 2.61. The molecule has 2 heterocycles. The minimum atomic E-state index is -0.499. The molecule has 0 saturated carbocycles. The van der Waals surface area contributed by atoms with Gasteiger partial charge in [-0.2, -0.15) is 0 Å². The van der Waals surface area contributed by atoms with E-state index in [2.05, 4.69) is 4.99 Å². The lowest BCUT2D eigenvalue weighted by molar-refractivity contribution is -0.384. The number of amidine groups is 1. The van der Waals surface area contributed by atoms with Gasteiger partial charge >= 0.3 is 5.97 Å². The minimum Gasteiger partial charge on any atom is -0.466 e. The van der Waals surface area contributed by atoms with Crippen LogP contribution < -0.4 is 0 Å². The maximum absolute atomic E-state index is 12.2. The van der Waals surface area contributed by atoms with E-state index in [4.69, 9.17) is 4.74 Å². The van der Waals surface area contributed by atoms with Crippen LogP contribution in [0.5, 0.6) is 0 Å². The van der Waals surface area contributed by atoms with Crippen molar-refractivity contribution in [2.75, 3.05) is 7.11 Å². The summed E-state index contributed by atoms with van der Waals surface area (Å²) in [6, 6.07) is 5.76. The van der Waals surface area contributed by atoms with E-state index in [1.807, 2.05) is 16.5 Å². The van der Waals surface area contributed by atoms with E-state index in [0.29, 0.717) is 16.8 Å². The second kappa shape index (κ2) is 5.88. The van der Waals surface area contributed by atoms with Crippen molar-refractivity contribution in [2.45, 2.75) is 13.0 Å². The Labute approximate surface area is 136 Å². The number of benzene rings is 1. The molecule has 0 N–H and O–H groups in total. The molecule has 0 saturated heterocycles. The van der Waals surface area contributed by atoms with Crippen LogP contribution in [0.25, 0.3) is 0 Å². The molecule has 0 aliphatic carbocycles. The molecule has 8 heteroatoms. The molecule has 0 radical (unpaired) electrons. The first-order chi connectivity index (χ1) is 11.0. The van der Waals surface area contributed by atoms with Gasteiger partial charge in [-0.1, -0.05) is 23.9 Å². The number of rotatable bonds is 3. The highest BCUT2D eigenvalue weighted by Gasteiger charge is 2.37. The van der Waals surface area contributed by atoms with Crippen LogP contribution in [0.3, 0.4) is 0 Å². The Balaban J connectivity index is 2.15. The summed E-state index contributed by atoms with van der Waals surface area (Å²) < 4.78 is 4.88. The largest absolute Gasteiger partial charge is 0.466 e. The van der Waals surface area contributed by atoms with Gasteiger partial charge < -0.3 is 9.64 Å². The number of nitro groups is 1. The first-order valence-electron chi connectivity index (χ1n) is 6.76. The summed E-state index contributed by atoms with van der Waals surface area (Å²) in [5.41, 5.74) is 1.54. The number of nitrogens with zero attached hydrogens (tertiary/aromatic N) is 3. The number of ether oxygens (including phenoxy) is 1. The van der Waals surface area contributed by atoms with E-state index in [-0.39, 0.29) is 5.69 Å². The molecule has 0 spiro atoms. The van der Waals surface area contributed by atoms with E-state index in [0.717, 1.165) is 5.17 Å². The topological polar surface area (TPSA) is 85.0 Å². The van der Waals surface area contributed by atoms with Crippen LogP contribution in [0.4, 0.5) is 5.69 Å². The number of aliphatic imine (C=N–C) groups is 1. The van der Waals surface area contributed by atoms with E-state index in [1.54, 1.807) is 19.1 Å². The van der Waals surface area contributed by atoms with Crippen molar-refractivity contribution in [2.24, 2.45) is 4.99 Å². The monoisotopic (exact) mass is 331 g/mol. The molecule has 3 rings (SSSR count). The van der Waals surface area contributed by atoms with Crippen LogP contribution in [0, 0.1) is 10.1 Å². The fourth-order valence-corrected chi connectivity index (χ4v) is 3.40. The quantitative estimate of drug-likeness (QED) is 0.481. The molecule has 0 fully saturated rings. The van der Waals surface area contributed by atoms with Crippen molar-refractivity contribution >= 4 is 28.6 Å². The molecule has 118 valence electrons. The number of thioether (sulfide) groups is 1. The first-order valence-corrected chi connectivity index (χ1v) is 7.64. The van der Waals surface area contributed by atoms with E-state index in [9.17, 15) is 14.9 Å². The van der Waals surface area contributed by atoms with Crippen LogP contribution in [0.1, 0.15) is 18.5 Å². The molecule has 0 amide bonds. The van der Waals surface area contributed by atoms with E-state index >= 15 is 0 Å². The number of methoxy groups -OCH3 is 1. The minimum absolute atomic E-state index is 0.0238. The van der Waals surface area contributed by atoms with Gasteiger partial charge in [0.05, 0.1) is 29.3 Å². The van der Waals surface area contributed by atoms with Crippen molar-refractivity contribution < 1.29 is 14.5 Å². The third-order valence-electron chi connectivity index (χ3n) is 3.62. The Morgan fingerprint density at radius 2 is 2.26 bits per heavy atom. The van der Waals surface area contributed by atoms with Gasteiger partial charge in [0.2, 0.25) is 0 Å². The lowest BCUT2D eigenvalue weighted by atomic mass is 9.94. The SMILES string of the molecule is COC(=O)C1=C(C)N=C2SC=CN2[C@@H]1c1cccc([N+](=O)[O-])c1. The highest BCUT2D eigenvalue weighted by atomic mass is 32.2. The van der Waals surface area contributed by atoms with Crippen molar-refractivity contribution in [1.82, 2.24) is 4.90 Å². The summed E-state index contributed by atoms with van der Waals surface area (Å²) in [5.74, 6) is -0.493. The number of non-ortho nitro benzene ring substituents is 1. The van der Waals surface area contributed by atoms with Gasteiger partial charge in [-0.05, 0) is 17.9 Å². The van der Waals surface area contributed by atoms with Gasteiger partial charge in [0.1, 0.15) is 0 Å². The molecule has 1 aromatic rings.